The minimum Gasteiger partial charge on any atom is -0.381 e. The second kappa shape index (κ2) is 7.41. The Balaban J connectivity index is 2.15. The van der Waals surface area contributed by atoms with Crippen LogP contribution >= 0.6 is 0 Å². The van der Waals surface area contributed by atoms with Crippen LogP contribution in [0.15, 0.2) is 12.7 Å². The second-order valence-electron chi connectivity index (χ2n) is 4.21. The first-order valence-electron chi connectivity index (χ1n) is 5.92. The van der Waals surface area contributed by atoms with E-state index in [0.29, 0.717) is 25.0 Å². The first-order valence-corrected chi connectivity index (χ1v) is 5.92. The lowest BCUT2D eigenvalue weighted by Crippen LogP contribution is -2.42. The third-order valence-corrected chi connectivity index (χ3v) is 3.00. The highest BCUT2D eigenvalue weighted by Gasteiger charge is 2.20. The number of hydrogen-bond donors (Lipinski definition) is 2. The maximum Gasteiger partial charge on any atom is 0.234 e. The molecule has 16 heavy (non-hydrogen) atoms. The Kier molecular flexibility index (Phi) is 6.11. The average molecular weight is 226 g/mol. The molecule has 0 radical (unpaired) electrons. The summed E-state index contributed by atoms with van der Waals surface area (Å²) >= 11 is 0. The molecule has 0 bridgehead atoms. The molecule has 0 spiro atoms. The van der Waals surface area contributed by atoms with E-state index in [0.717, 1.165) is 26.1 Å². The Morgan fingerprint density at radius 2 is 2.25 bits per heavy atom. The standard InChI is InChI=1S/C12H22N2O2/c1-3-6-13-12(15)9-14-10(2)11-4-7-16-8-5-11/h3,10-11,14H,1,4-9H2,2H3,(H,13,15)/t10-/m1/s1. The summed E-state index contributed by atoms with van der Waals surface area (Å²) in [4.78, 5) is 11.3. The molecule has 2 N–H and O–H groups in total. The predicted molar refractivity (Wildman–Crippen MR) is 64.2 cm³/mol. The van der Waals surface area contributed by atoms with Gasteiger partial charge in [-0.2, -0.15) is 0 Å². The molecular weight excluding hydrogens is 204 g/mol. The molecule has 1 saturated heterocycles. The van der Waals surface area contributed by atoms with Gasteiger partial charge in [0.25, 0.3) is 0 Å². The van der Waals surface area contributed by atoms with E-state index in [1.54, 1.807) is 6.08 Å². The van der Waals surface area contributed by atoms with Crippen molar-refractivity contribution in [1.29, 1.82) is 0 Å². The van der Waals surface area contributed by atoms with Crippen LogP contribution in [0.1, 0.15) is 19.8 Å². The molecular formula is C12H22N2O2. The zero-order chi connectivity index (χ0) is 11.8. The van der Waals surface area contributed by atoms with Gasteiger partial charge in [0.2, 0.25) is 5.91 Å². The fourth-order valence-corrected chi connectivity index (χ4v) is 1.88. The van der Waals surface area contributed by atoms with Gasteiger partial charge in [-0.3, -0.25) is 4.79 Å². The van der Waals surface area contributed by atoms with Crippen LogP contribution in [0, 0.1) is 5.92 Å². The molecule has 0 aromatic heterocycles. The summed E-state index contributed by atoms with van der Waals surface area (Å²) < 4.78 is 5.31. The summed E-state index contributed by atoms with van der Waals surface area (Å²) in [5.74, 6) is 0.653. The van der Waals surface area contributed by atoms with Gasteiger partial charge in [0.05, 0.1) is 6.54 Å². The van der Waals surface area contributed by atoms with Crippen LogP contribution in [-0.2, 0) is 9.53 Å². The first kappa shape index (κ1) is 13.2. The van der Waals surface area contributed by atoms with Crippen LogP contribution in [0.25, 0.3) is 0 Å². The molecule has 1 rings (SSSR count). The van der Waals surface area contributed by atoms with Gasteiger partial charge in [-0.15, -0.1) is 6.58 Å². The fraction of sp³-hybridized carbons (Fsp3) is 0.750. The van der Waals surface area contributed by atoms with Crippen LogP contribution in [0.3, 0.4) is 0 Å². The lowest BCUT2D eigenvalue weighted by molar-refractivity contribution is -0.120. The van der Waals surface area contributed by atoms with E-state index in [1.165, 1.54) is 0 Å². The summed E-state index contributed by atoms with van der Waals surface area (Å²) in [5, 5.41) is 6.01. The van der Waals surface area contributed by atoms with Crippen LogP contribution in [-0.4, -0.2) is 38.3 Å². The maximum atomic E-state index is 11.3. The Bertz CT molecular complexity index is 225. The highest BCUT2D eigenvalue weighted by molar-refractivity contribution is 5.78. The van der Waals surface area contributed by atoms with Gasteiger partial charge in [0.1, 0.15) is 0 Å². The minimum absolute atomic E-state index is 0.0267. The first-order chi connectivity index (χ1) is 7.74. The van der Waals surface area contributed by atoms with Crippen LogP contribution in [0.2, 0.25) is 0 Å². The molecule has 1 aliphatic heterocycles. The van der Waals surface area contributed by atoms with Crippen molar-refractivity contribution < 1.29 is 9.53 Å². The Morgan fingerprint density at radius 3 is 2.88 bits per heavy atom. The molecule has 0 aliphatic carbocycles. The van der Waals surface area contributed by atoms with Gasteiger partial charge in [-0.05, 0) is 25.7 Å². The zero-order valence-corrected chi connectivity index (χ0v) is 10.00. The largest absolute Gasteiger partial charge is 0.381 e. The lowest BCUT2D eigenvalue weighted by Gasteiger charge is -2.28. The smallest absolute Gasteiger partial charge is 0.234 e. The van der Waals surface area contributed by atoms with Gasteiger partial charge in [0, 0.05) is 25.8 Å². The van der Waals surface area contributed by atoms with E-state index in [9.17, 15) is 4.79 Å². The molecule has 1 heterocycles. The van der Waals surface area contributed by atoms with E-state index < -0.39 is 0 Å². The van der Waals surface area contributed by atoms with Gasteiger partial charge in [-0.1, -0.05) is 6.08 Å². The van der Waals surface area contributed by atoms with Crippen molar-refractivity contribution in [2.24, 2.45) is 5.92 Å². The van der Waals surface area contributed by atoms with Crippen LogP contribution < -0.4 is 10.6 Å². The van der Waals surface area contributed by atoms with Crippen LogP contribution in [0.4, 0.5) is 0 Å². The maximum absolute atomic E-state index is 11.3. The van der Waals surface area contributed by atoms with E-state index in [-0.39, 0.29) is 5.91 Å². The van der Waals surface area contributed by atoms with Gasteiger partial charge >= 0.3 is 0 Å². The predicted octanol–water partition coefficient (Wildman–Crippen LogP) is 0.693. The molecule has 1 amide bonds. The molecule has 4 nitrogen and oxygen atoms in total. The van der Waals surface area contributed by atoms with Crippen molar-refractivity contribution in [3.8, 4) is 0 Å². The zero-order valence-electron chi connectivity index (χ0n) is 10.00. The van der Waals surface area contributed by atoms with E-state index >= 15 is 0 Å². The van der Waals surface area contributed by atoms with Crippen molar-refractivity contribution in [1.82, 2.24) is 10.6 Å². The third-order valence-electron chi connectivity index (χ3n) is 3.00. The van der Waals surface area contributed by atoms with Crippen molar-refractivity contribution in [2.45, 2.75) is 25.8 Å². The molecule has 0 saturated carbocycles. The monoisotopic (exact) mass is 226 g/mol. The average Bonchev–Trinajstić information content (AvgIpc) is 2.34. The molecule has 1 atom stereocenters. The molecule has 1 aliphatic rings. The van der Waals surface area contributed by atoms with Crippen molar-refractivity contribution in [2.75, 3.05) is 26.3 Å². The molecule has 0 aromatic carbocycles. The van der Waals surface area contributed by atoms with Gasteiger partial charge in [-0.25, -0.2) is 0 Å². The Labute approximate surface area is 97.4 Å². The SMILES string of the molecule is C=CCNC(=O)CN[C@H](C)C1CCOCC1. The van der Waals surface area contributed by atoms with E-state index in [1.807, 2.05) is 0 Å². The lowest BCUT2D eigenvalue weighted by atomic mass is 9.93. The summed E-state index contributed by atoms with van der Waals surface area (Å²) in [6, 6.07) is 0.374. The highest BCUT2D eigenvalue weighted by atomic mass is 16.5. The number of hydrogen-bond acceptors (Lipinski definition) is 3. The molecule has 4 heteroatoms. The van der Waals surface area contributed by atoms with Gasteiger partial charge < -0.3 is 15.4 Å². The Morgan fingerprint density at radius 1 is 1.56 bits per heavy atom. The fourth-order valence-electron chi connectivity index (χ4n) is 1.88. The van der Waals surface area contributed by atoms with E-state index in [4.69, 9.17) is 4.74 Å². The Hall–Kier alpha value is -0.870. The van der Waals surface area contributed by atoms with Crippen LogP contribution in [0.5, 0.6) is 0 Å². The number of nitrogens with one attached hydrogen (secondary N) is 2. The van der Waals surface area contributed by atoms with Crippen molar-refractivity contribution in [3.63, 3.8) is 0 Å². The van der Waals surface area contributed by atoms with Gasteiger partial charge in [0.15, 0.2) is 0 Å². The minimum atomic E-state index is 0.0267. The van der Waals surface area contributed by atoms with E-state index in [2.05, 4.69) is 24.1 Å². The normalized spacial score (nSPS) is 19.1. The summed E-state index contributed by atoms with van der Waals surface area (Å²) in [5.41, 5.74) is 0. The quantitative estimate of drug-likeness (QED) is 0.655. The number of carbonyl (C=O) groups is 1. The van der Waals surface area contributed by atoms with Crippen molar-refractivity contribution in [3.05, 3.63) is 12.7 Å². The molecule has 0 unspecified atom stereocenters. The number of rotatable bonds is 6. The van der Waals surface area contributed by atoms with Crippen molar-refractivity contribution >= 4 is 5.91 Å². The summed E-state index contributed by atoms with van der Waals surface area (Å²) in [6.07, 6.45) is 3.85. The third kappa shape index (κ3) is 4.77. The summed E-state index contributed by atoms with van der Waals surface area (Å²) in [7, 11) is 0. The summed E-state index contributed by atoms with van der Waals surface area (Å²) in [6.45, 7) is 8.30. The number of amides is 1. The molecule has 0 aromatic rings. The highest BCUT2D eigenvalue weighted by Crippen LogP contribution is 2.18. The molecule has 1 fully saturated rings. The second-order valence-corrected chi connectivity index (χ2v) is 4.21. The topological polar surface area (TPSA) is 50.4 Å². The number of carbonyl (C=O) groups excluding carboxylic acids is 1. The molecule has 92 valence electrons. The number of ether oxygens (including phenoxy) is 1.